The number of rotatable bonds is 5. The maximum Gasteiger partial charge on any atom is 0.264 e. The molecule has 2 atom stereocenters. The lowest BCUT2D eigenvalue weighted by molar-refractivity contribution is -0.129. The van der Waals surface area contributed by atoms with Gasteiger partial charge in [0.05, 0.1) is 29.9 Å². The number of amides is 1. The number of benzene rings is 2. The number of methoxy groups -OCH3 is 1. The van der Waals surface area contributed by atoms with Crippen molar-refractivity contribution in [2.75, 3.05) is 31.7 Å². The largest absolute Gasteiger partial charge is 0.506 e. The molecule has 2 aromatic carbocycles. The number of carbonyl (C=O) groups excluding carboxylic acids is 1. The summed E-state index contributed by atoms with van der Waals surface area (Å²) in [6, 6.07) is 7.34. The quantitative estimate of drug-likeness (QED) is 0.292. The predicted octanol–water partition coefficient (Wildman–Crippen LogP) is 5.63. The van der Waals surface area contributed by atoms with Gasteiger partial charge >= 0.3 is 0 Å². The first kappa shape index (κ1) is 30.2. The van der Waals surface area contributed by atoms with Crippen molar-refractivity contribution in [2.24, 2.45) is 0 Å². The molecule has 2 aliphatic rings. The number of aromatic hydroxyl groups is 1. The van der Waals surface area contributed by atoms with Crippen LogP contribution in [0.15, 0.2) is 54.0 Å². The number of pyridine rings is 2. The number of phenolic OH excluding ortho intramolecular Hbond substituents is 1. The number of carbonyl (C=O) groups is 1. The van der Waals surface area contributed by atoms with E-state index in [0.29, 0.717) is 58.9 Å². The third-order valence-electron chi connectivity index (χ3n) is 8.93. The second-order valence-electron chi connectivity index (χ2n) is 12.1. The molecule has 0 saturated carbocycles. The Morgan fingerprint density at radius 2 is 1.96 bits per heavy atom. The number of aromatic nitrogens is 2. The predicted molar refractivity (Wildman–Crippen MR) is 173 cm³/mol. The van der Waals surface area contributed by atoms with E-state index in [-0.39, 0.29) is 35.3 Å². The highest BCUT2D eigenvalue weighted by molar-refractivity contribution is 6.10. The lowest BCUT2D eigenvalue weighted by Gasteiger charge is -2.49. The molecule has 4 heterocycles. The summed E-state index contributed by atoms with van der Waals surface area (Å²) in [5, 5.41) is 11.7. The number of halogens is 1. The molecule has 4 aromatic rings. The maximum atomic E-state index is 15.3. The first-order valence-electron chi connectivity index (χ1n) is 15.1. The van der Waals surface area contributed by atoms with Gasteiger partial charge in [-0.2, -0.15) is 0 Å². The monoisotopic (exact) mass is 612 g/mol. The molecule has 6 rings (SSSR count). The molecule has 234 valence electrons. The Kier molecular flexibility index (Phi) is 7.54. The number of anilines is 1. The second-order valence-corrected chi connectivity index (χ2v) is 12.1. The summed E-state index contributed by atoms with van der Waals surface area (Å²) in [5.74, 6) is -0.368. The van der Waals surface area contributed by atoms with Crippen molar-refractivity contribution in [3.8, 4) is 34.1 Å². The molecule has 9 nitrogen and oxygen atoms in total. The fourth-order valence-electron chi connectivity index (χ4n) is 6.87. The minimum Gasteiger partial charge on any atom is -0.506 e. The van der Waals surface area contributed by atoms with Gasteiger partial charge in [-0.05, 0) is 62.6 Å². The zero-order valence-electron chi connectivity index (χ0n) is 26.3. The van der Waals surface area contributed by atoms with Gasteiger partial charge < -0.3 is 24.4 Å². The standard InChI is InChI=1S/C35H37FN4O5/c1-8-26(42)38-16-22-17-45-34-31(39(22)15-21(38)6)23-14-20(5)40(32-24(36)10-9-11-25(32)41)35(43)28(23)29(33(34)44-7)27-19(4)12-13-37-30(27)18(2)3/h8-14,18,21-22,41H,1,15-17H2,2-7H3. The number of hydrogen-bond acceptors (Lipinski definition) is 7. The molecule has 0 bridgehead atoms. The number of para-hydroxylation sites is 1. The highest BCUT2D eigenvalue weighted by Gasteiger charge is 2.41. The SMILES string of the molecule is C=CC(=O)N1CC2COc3c(OC)c(-c4c(C)ccnc4C(C)C)c4c(=O)n(-c5c(O)cccc5F)c(C)cc4c3N2CC1C. The highest BCUT2D eigenvalue weighted by Crippen LogP contribution is 2.54. The molecule has 0 spiro atoms. The average molecular weight is 613 g/mol. The summed E-state index contributed by atoms with van der Waals surface area (Å²) in [5.41, 5.74) is 3.25. The van der Waals surface area contributed by atoms with Gasteiger partial charge in [-0.1, -0.05) is 26.5 Å². The van der Waals surface area contributed by atoms with E-state index < -0.39 is 11.4 Å². The third-order valence-corrected chi connectivity index (χ3v) is 8.93. The van der Waals surface area contributed by atoms with E-state index in [0.717, 1.165) is 16.8 Å². The zero-order chi connectivity index (χ0) is 32.3. The van der Waals surface area contributed by atoms with E-state index in [1.165, 1.54) is 28.8 Å². The Morgan fingerprint density at radius 3 is 2.62 bits per heavy atom. The van der Waals surface area contributed by atoms with Crippen molar-refractivity contribution in [1.82, 2.24) is 14.5 Å². The van der Waals surface area contributed by atoms with E-state index in [4.69, 9.17) is 14.5 Å². The molecular formula is C35H37FN4O5. The van der Waals surface area contributed by atoms with Crippen LogP contribution in [0, 0.1) is 19.7 Å². The number of ether oxygens (including phenoxy) is 2. The molecular weight excluding hydrogens is 575 g/mol. The Balaban J connectivity index is 1.77. The molecule has 1 N–H and O–H groups in total. The minimum absolute atomic E-state index is 0.000553. The van der Waals surface area contributed by atoms with Crippen LogP contribution >= 0.6 is 0 Å². The summed E-state index contributed by atoms with van der Waals surface area (Å²) < 4.78 is 29.2. The van der Waals surface area contributed by atoms with Crippen LogP contribution in [0.5, 0.6) is 17.2 Å². The summed E-state index contributed by atoms with van der Waals surface area (Å²) in [4.78, 5) is 36.2. The Morgan fingerprint density at radius 1 is 1.20 bits per heavy atom. The van der Waals surface area contributed by atoms with Gasteiger partial charge in [0.25, 0.3) is 5.56 Å². The number of nitrogens with zero attached hydrogens (tertiary/aromatic N) is 4. The Bertz CT molecular complexity index is 1910. The number of fused-ring (bicyclic) bond motifs is 5. The molecule has 2 aliphatic heterocycles. The van der Waals surface area contributed by atoms with Gasteiger partial charge in [0.2, 0.25) is 5.91 Å². The van der Waals surface area contributed by atoms with Crippen LogP contribution in [0.2, 0.25) is 0 Å². The van der Waals surface area contributed by atoms with Crippen LogP contribution in [0.25, 0.3) is 27.6 Å². The fourth-order valence-corrected chi connectivity index (χ4v) is 6.87. The molecule has 2 unspecified atom stereocenters. The highest BCUT2D eigenvalue weighted by atomic mass is 19.1. The summed E-state index contributed by atoms with van der Waals surface area (Å²) >= 11 is 0. The normalized spacial score (nSPS) is 17.6. The lowest BCUT2D eigenvalue weighted by Crippen LogP contribution is -2.61. The number of piperazine rings is 1. The van der Waals surface area contributed by atoms with Crippen LogP contribution in [0.1, 0.15) is 43.6 Å². The summed E-state index contributed by atoms with van der Waals surface area (Å²) in [6.07, 6.45) is 3.06. The van der Waals surface area contributed by atoms with Crippen LogP contribution in [0.4, 0.5) is 10.1 Å². The van der Waals surface area contributed by atoms with Crippen molar-refractivity contribution in [3.05, 3.63) is 82.3 Å². The number of aryl methyl sites for hydroxylation is 2. The lowest BCUT2D eigenvalue weighted by atomic mass is 9.88. The maximum absolute atomic E-state index is 15.3. The number of phenols is 1. The summed E-state index contributed by atoms with van der Waals surface area (Å²) in [6.45, 7) is 14.6. The minimum atomic E-state index is -0.730. The molecule has 1 fully saturated rings. The topological polar surface area (TPSA) is 97.1 Å². The van der Waals surface area contributed by atoms with E-state index in [2.05, 4.69) is 11.5 Å². The smallest absolute Gasteiger partial charge is 0.264 e. The average Bonchev–Trinajstić information content (AvgIpc) is 3.00. The van der Waals surface area contributed by atoms with E-state index >= 15 is 4.39 Å². The fraction of sp³-hybridized carbons (Fsp3) is 0.343. The van der Waals surface area contributed by atoms with Crippen LogP contribution in [0.3, 0.4) is 0 Å². The van der Waals surface area contributed by atoms with Crippen molar-refractivity contribution >= 4 is 22.4 Å². The van der Waals surface area contributed by atoms with Crippen LogP contribution < -0.4 is 19.9 Å². The molecule has 0 radical (unpaired) electrons. The van der Waals surface area contributed by atoms with E-state index in [9.17, 15) is 14.7 Å². The zero-order valence-corrected chi connectivity index (χ0v) is 26.3. The molecule has 2 aromatic heterocycles. The van der Waals surface area contributed by atoms with Gasteiger partial charge in [0.15, 0.2) is 17.3 Å². The van der Waals surface area contributed by atoms with E-state index in [1.54, 1.807) is 25.1 Å². The van der Waals surface area contributed by atoms with Crippen molar-refractivity contribution < 1.29 is 23.8 Å². The molecule has 45 heavy (non-hydrogen) atoms. The van der Waals surface area contributed by atoms with Gasteiger partial charge in [-0.15, -0.1) is 0 Å². The van der Waals surface area contributed by atoms with Crippen molar-refractivity contribution in [3.63, 3.8) is 0 Å². The molecule has 0 aliphatic carbocycles. The van der Waals surface area contributed by atoms with Crippen molar-refractivity contribution in [2.45, 2.75) is 52.6 Å². The first-order valence-corrected chi connectivity index (χ1v) is 15.1. The van der Waals surface area contributed by atoms with Gasteiger partial charge in [0, 0.05) is 47.5 Å². The summed E-state index contributed by atoms with van der Waals surface area (Å²) in [7, 11) is 1.54. The molecule has 10 heteroatoms. The Hall–Kier alpha value is -4.86. The van der Waals surface area contributed by atoms with Crippen LogP contribution in [-0.2, 0) is 4.79 Å². The Labute approximate surface area is 261 Å². The second kappa shape index (κ2) is 11.3. The van der Waals surface area contributed by atoms with Gasteiger partial charge in [-0.25, -0.2) is 4.39 Å². The van der Waals surface area contributed by atoms with Gasteiger partial charge in [-0.3, -0.25) is 19.1 Å². The number of hydrogen-bond donors (Lipinski definition) is 1. The van der Waals surface area contributed by atoms with Crippen LogP contribution in [-0.4, -0.2) is 64.4 Å². The van der Waals surface area contributed by atoms with Gasteiger partial charge in [0.1, 0.15) is 18.0 Å². The van der Waals surface area contributed by atoms with Crippen molar-refractivity contribution in [1.29, 1.82) is 0 Å². The molecule has 1 amide bonds. The molecule has 1 saturated heterocycles. The third kappa shape index (κ3) is 4.62. The van der Waals surface area contributed by atoms with E-state index in [1.807, 2.05) is 39.8 Å². The first-order chi connectivity index (χ1) is 21.5.